The summed E-state index contributed by atoms with van der Waals surface area (Å²) < 4.78 is 14.4. The second-order valence-corrected chi connectivity index (χ2v) is 10.7. The van der Waals surface area contributed by atoms with E-state index in [4.69, 9.17) is 0 Å². The van der Waals surface area contributed by atoms with E-state index in [1.165, 1.54) is 31.2 Å². The van der Waals surface area contributed by atoms with E-state index in [-0.39, 0.29) is 16.7 Å². The van der Waals surface area contributed by atoms with Gasteiger partial charge in [0.25, 0.3) is 0 Å². The summed E-state index contributed by atoms with van der Waals surface area (Å²) in [6.07, 6.45) is 8.47. The fourth-order valence-electron chi connectivity index (χ4n) is 8.02. The number of halogens is 1. The highest BCUT2D eigenvalue weighted by molar-refractivity contribution is 5.86. The van der Waals surface area contributed by atoms with Crippen LogP contribution in [0.15, 0.2) is 30.3 Å². The van der Waals surface area contributed by atoms with Gasteiger partial charge in [0.1, 0.15) is 12.0 Å². The van der Waals surface area contributed by atoms with E-state index in [2.05, 4.69) is 42.6 Å². The normalized spacial score (nSPS) is 44.6. The molecule has 1 saturated heterocycles. The van der Waals surface area contributed by atoms with E-state index >= 15 is 0 Å². The number of piperidine rings is 1. The van der Waals surface area contributed by atoms with Gasteiger partial charge >= 0.3 is 0 Å². The average molecular weight is 384 g/mol. The molecule has 6 rings (SSSR count). The first-order valence-electron chi connectivity index (χ1n) is 11.4. The summed E-state index contributed by atoms with van der Waals surface area (Å²) in [4.78, 5) is 13.8. The maximum atomic E-state index is 14.4. The predicted molar refractivity (Wildman–Crippen MR) is 110 cm³/mol. The molecule has 4 unspecified atom stereocenters. The number of ketones is 1. The zero-order chi connectivity index (χ0) is 19.4. The van der Waals surface area contributed by atoms with Gasteiger partial charge in [-0.2, -0.15) is 0 Å². The highest BCUT2D eigenvalue weighted by Crippen LogP contribution is 2.71. The maximum Gasteiger partial charge on any atom is 0.139 e. The summed E-state index contributed by atoms with van der Waals surface area (Å²) in [6, 6.07) is 11.0. The second kappa shape index (κ2) is 6.65. The quantitative estimate of drug-likeness (QED) is 0.756. The molecule has 1 aromatic carbocycles. The van der Waals surface area contributed by atoms with Gasteiger partial charge in [-0.05, 0) is 79.7 Å². The molecule has 5 aliphatic rings. The molecule has 0 aromatic heterocycles. The Labute approximate surface area is 168 Å². The van der Waals surface area contributed by atoms with Crippen molar-refractivity contribution in [2.75, 3.05) is 13.1 Å². The first-order valence-corrected chi connectivity index (χ1v) is 11.4. The Morgan fingerprint density at radius 3 is 2.71 bits per heavy atom. The second-order valence-electron chi connectivity index (χ2n) is 10.7. The average Bonchev–Trinajstić information content (AvgIpc) is 2.69. The van der Waals surface area contributed by atoms with E-state index < -0.39 is 6.17 Å². The number of nitrogens with one attached hydrogen (secondary N) is 1. The molecule has 1 aliphatic heterocycles. The lowest BCUT2D eigenvalue weighted by atomic mass is 9.37. The van der Waals surface area contributed by atoms with Crippen molar-refractivity contribution >= 4 is 5.78 Å². The first kappa shape index (κ1) is 18.8. The third-order valence-corrected chi connectivity index (χ3v) is 8.90. The fraction of sp³-hybridized carbons (Fsp3) is 0.720. The maximum absolute atomic E-state index is 14.4. The van der Waals surface area contributed by atoms with Crippen molar-refractivity contribution < 1.29 is 9.18 Å². The SMILES string of the molecule is CCC12CC3CC(C(=O)C[C@H]4CCNC[C@@H]4F)(C1)CC(c1ccccc1)(C3)C2. The Balaban J connectivity index is 1.48. The molecule has 1 N–H and O–H groups in total. The van der Waals surface area contributed by atoms with Gasteiger partial charge in [-0.1, -0.05) is 43.7 Å². The predicted octanol–water partition coefficient (Wildman–Crippen LogP) is 5.21. The van der Waals surface area contributed by atoms with Crippen LogP contribution in [-0.2, 0) is 10.2 Å². The number of carbonyl (C=O) groups is 1. The Bertz CT molecular complexity index is 750. The third-order valence-electron chi connectivity index (χ3n) is 8.90. The first-order chi connectivity index (χ1) is 13.5. The van der Waals surface area contributed by atoms with Crippen LogP contribution in [-0.4, -0.2) is 25.0 Å². The number of hydrogen-bond acceptors (Lipinski definition) is 2. The standard InChI is InChI=1S/C25H34FNO/c1-2-23-11-18-12-24(15-23,20-6-4-3-5-7-20)17-25(13-18,16-23)22(28)10-19-8-9-27-14-21(19)26/h3-7,18-19,21,27H,2,8-17H2,1H3/t18?,19-,21+,23?,24?,25?/m1/s1. The van der Waals surface area contributed by atoms with Gasteiger partial charge in [0.15, 0.2) is 0 Å². The van der Waals surface area contributed by atoms with E-state index in [1.807, 2.05) is 0 Å². The molecule has 6 atom stereocenters. The minimum absolute atomic E-state index is 0.0768. The van der Waals surface area contributed by atoms with E-state index in [9.17, 15) is 9.18 Å². The lowest BCUT2D eigenvalue weighted by Crippen LogP contribution is -2.61. The molecule has 0 radical (unpaired) electrons. The summed E-state index contributed by atoms with van der Waals surface area (Å²) in [6.45, 7) is 3.59. The van der Waals surface area contributed by atoms with Crippen LogP contribution in [0, 0.1) is 22.7 Å². The molecule has 4 bridgehead atoms. The Kier molecular flexibility index (Phi) is 4.46. The highest BCUT2D eigenvalue weighted by Gasteiger charge is 2.65. The molecule has 2 nitrogen and oxygen atoms in total. The summed E-state index contributed by atoms with van der Waals surface area (Å²) >= 11 is 0. The van der Waals surface area contributed by atoms with Crippen LogP contribution in [0.2, 0.25) is 0 Å². The van der Waals surface area contributed by atoms with Crippen LogP contribution < -0.4 is 5.32 Å². The molecule has 152 valence electrons. The van der Waals surface area contributed by atoms with Gasteiger partial charge in [-0.3, -0.25) is 4.79 Å². The molecular formula is C25H34FNO. The zero-order valence-electron chi connectivity index (χ0n) is 17.2. The molecule has 1 aromatic rings. The number of hydrogen-bond donors (Lipinski definition) is 1. The monoisotopic (exact) mass is 383 g/mol. The summed E-state index contributed by atoms with van der Waals surface area (Å²) in [7, 11) is 0. The number of alkyl halides is 1. The van der Waals surface area contributed by atoms with Crippen molar-refractivity contribution in [1.82, 2.24) is 5.32 Å². The molecule has 0 amide bonds. The van der Waals surface area contributed by atoms with Crippen molar-refractivity contribution in [1.29, 1.82) is 0 Å². The van der Waals surface area contributed by atoms with Gasteiger partial charge in [-0.15, -0.1) is 0 Å². The van der Waals surface area contributed by atoms with Crippen molar-refractivity contribution in [3.63, 3.8) is 0 Å². The molecule has 28 heavy (non-hydrogen) atoms. The summed E-state index contributed by atoms with van der Waals surface area (Å²) in [5.41, 5.74) is 1.72. The topological polar surface area (TPSA) is 29.1 Å². The van der Waals surface area contributed by atoms with Gasteiger partial charge < -0.3 is 5.32 Å². The molecule has 0 spiro atoms. The lowest BCUT2D eigenvalue weighted by Gasteiger charge is -2.66. The molecule has 5 fully saturated rings. The smallest absolute Gasteiger partial charge is 0.139 e. The molecule has 4 aliphatic carbocycles. The number of carbonyl (C=O) groups excluding carboxylic acids is 1. The Morgan fingerprint density at radius 1 is 1.14 bits per heavy atom. The van der Waals surface area contributed by atoms with Gasteiger partial charge in [-0.25, -0.2) is 4.39 Å². The van der Waals surface area contributed by atoms with Crippen molar-refractivity contribution in [2.45, 2.75) is 76.3 Å². The van der Waals surface area contributed by atoms with Crippen LogP contribution in [0.3, 0.4) is 0 Å². The minimum Gasteiger partial charge on any atom is -0.314 e. The number of rotatable bonds is 5. The largest absolute Gasteiger partial charge is 0.314 e. The Morgan fingerprint density at radius 2 is 1.96 bits per heavy atom. The van der Waals surface area contributed by atoms with Crippen LogP contribution in [0.4, 0.5) is 4.39 Å². The van der Waals surface area contributed by atoms with Gasteiger partial charge in [0.05, 0.1) is 0 Å². The molecule has 3 heteroatoms. The van der Waals surface area contributed by atoms with Crippen LogP contribution in [0.5, 0.6) is 0 Å². The molecular weight excluding hydrogens is 349 g/mol. The highest BCUT2D eigenvalue weighted by atomic mass is 19.1. The zero-order valence-corrected chi connectivity index (χ0v) is 17.2. The summed E-state index contributed by atoms with van der Waals surface area (Å²) in [5.74, 6) is 0.978. The lowest BCUT2D eigenvalue weighted by molar-refractivity contribution is -0.162. The number of benzene rings is 1. The van der Waals surface area contributed by atoms with Crippen molar-refractivity contribution in [2.24, 2.45) is 22.7 Å². The Hall–Kier alpha value is -1.22. The van der Waals surface area contributed by atoms with Gasteiger partial charge in [0, 0.05) is 18.4 Å². The van der Waals surface area contributed by atoms with Crippen LogP contribution in [0.25, 0.3) is 0 Å². The third kappa shape index (κ3) is 2.88. The van der Waals surface area contributed by atoms with Crippen molar-refractivity contribution in [3.05, 3.63) is 35.9 Å². The molecule has 1 heterocycles. The summed E-state index contributed by atoms with van der Waals surface area (Å²) in [5, 5.41) is 3.13. The molecule has 4 saturated carbocycles. The van der Waals surface area contributed by atoms with E-state index in [0.29, 0.717) is 30.1 Å². The van der Waals surface area contributed by atoms with Crippen LogP contribution >= 0.6 is 0 Å². The van der Waals surface area contributed by atoms with Gasteiger partial charge in [0.2, 0.25) is 0 Å². The fourth-order valence-corrected chi connectivity index (χ4v) is 8.02. The minimum atomic E-state index is -0.866. The number of Topliss-reactive ketones (excluding diaryl/α,β-unsaturated/α-hetero) is 1. The van der Waals surface area contributed by atoms with E-state index in [1.54, 1.807) is 0 Å². The van der Waals surface area contributed by atoms with E-state index in [0.717, 1.165) is 32.2 Å². The van der Waals surface area contributed by atoms with Crippen LogP contribution in [0.1, 0.15) is 70.3 Å². The van der Waals surface area contributed by atoms with Crippen molar-refractivity contribution in [3.8, 4) is 0 Å².